The minimum atomic E-state index is -0.506. The summed E-state index contributed by atoms with van der Waals surface area (Å²) in [6, 6.07) is 10.6. The molecule has 44 heavy (non-hydrogen) atoms. The number of fused-ring (bicyclic) bond motifs is 4. The van der Waals surface area contributed by atoms with E-state index in [0.717, 1.165) is 63.1 Å². The van der Waals surface area contributed by atoms with Crippen molar-refractivity contribution in [3.05, 3.63) is 104 Å². The fourth-order valence-corrected chi connectivity index (χ4v) is 7.29. The Morgan fingerprint density at radius 3 is 2.64 bits per heavy atom. The molecule has 2 aliphatic heterocycles. The third-order valence-corrected chi connectivity index (χ3v) is 9.63. The van der Waals surface area contributed by atoms with Crippen molar-refractivity contribution >= 4 is 11.6 Å². The minimum absolute atomic E-state index is 0.149. The first kappa shape index (κ1) is 28.7. The topological polar surface area (TPSA) is 83.6 Å². The second kappa shape index (κ2) is 11.4. The lowest BCUT2D eigenvalue weighted by Gasteiger charge is -2.31. The first-order chi connectivity index (χ1) is 21.3. The van der Waals surface area contributed by atoms with E-state index >= 15 is 4.39 Å². The van der Waals surface area contributed by atoms with Crippen molar-refractivity contribution in [3.63, 3.8) is 0 Å². The standard InChI is InChI=1S/C35H38FN5O3/c1-3-39-11-10-30-23(20-39)8-9-27(37-30)15-24-14-25(19-38(2)34(24)43)28-17-26(36)18-32(29(28)21-42)41-13-12-40-31-7-5-4-6-22(31)16-33(40)35(41)44/h8-9,14,16-19,42H,3-7,10-13,15,20-21H2,1-2H3. The Hall–Kier alpha value is -4.08. The lowest BCUT2D eigenvalue weighted by molar-refractivity contribution is 0.0964. The number of nitrogens with zero attached hydrogens (tertiary/aromatic N) is 5. The molecule has 0 saturated heterocycles. The van der Waals surface area contributed by atoms with Crippen LogP contribution >= 0.6 is 0 Å². The Morgan fingerprint density at radius 1 is 0.977 bits per heavy atom. The second-order valence-electron chi connectivity index (χ2n) is 12.3. The number of carbonyl (C=O) groups is 1. The Balaban J connectivity index is 1.24. The number of hydrogen-bond donors (Lipinski definition) is 1. The monoisotopic (exact) mass is 595 g/mol. The van der Waals surface area contributed by atoms with E-state index in [2.05, 4.69) is 22.5 Å². The first-order valence-electron chi connectivity index (χ1n) is 15.7. The number of halogens is 1. The van der Waals surface area contributed by atoms with Gasteiger partial charge in [-0.05, 0) is 84.8 Å². The van der Waals surface area contributed by atoms with Gasteiger partial charge in [0.25, 0.3) is 11.5 Å². The third-order valence-electron chi connectivity index (χ3n) is 9.63. The van der Waals surface area contributed by atoms with E-state index in [-0.39, 0.29) is 18.1 Å². The Kier molecular flexibility index (Phi) is 7.46. The summed E-state index contributed by atoms with van der Waals surface area (Å²) in [5.74, 6) is -0.688. The molecule has 7 rings (SSSR count). The Labute approximate surface area is 256 Å². The van der Waals surface area contributed by atoms with Crippen LogP contribution in [-0.2, 0) is 52.4 Å². The van der Waals surface area contributed by atoms with Crippen LogP contribution in [0.3, 0.4) is 0 Å². The van der Waals surface area contributed by atoms with Crippen LogP contribution in [0.2, 0.25) is 0 Å². The number of rotatable bonds is 6. The van der Waals surface area contributed by atoms with Crippen LogP contribution in [0.4, 0.5) is 10.1 Å². The van der Waals surface area contributed by atoms with E-state index in [9.17, 15) is 14.7 Å². The van der Waals surface area contributed by atoms with Crippen molar-refractivity contribution in [2.75, 3.05) is 24.5 Å². The van der Waals surface area contributed by atoms with E-state index in [1.165, 1.54) is 33.5 Å². The highest BCUT2D eigenvalue weighted by molar-refractivity contribution is 6.07. The van der Waals surface area contributed by atoms with E-state index in [4.69, 9.17) is 4.98 Å². The number of likely N-dealkylation sites (N-methyl/N-ethyl adjacent to an activating group) is 1. The van der Waals surface area contributed by atoms with Crippen molar-refractivity contribution in [3.8, 4) is 11.1 Å². The molecule has 8 nitrogen and oxygen atoms in total. The molecule has 9 heteroatoms. The summed E-state index contributed by atoms with van der Waals surface area (Å²) in [5.41, 5.74) is 8.51. The largest absolute Gasteiger partial charge is 0.392 e. The highest BCUT2D eigenvalue weighted by atomic mass is 19.1. The maximum absolute atomic E-state index is 15.3. The number of carbonyl (C=O) groups excluding carboxylic acids is 1. The maximum Gasteiger partial charge on any atom is 0.274 e. The smallest absolute Gasteiger partial charge is 0.274 e. The molecular weight excluding hydrogens is 557 g/mol. The summed E-state index contributed by atoms with van der Waals surface area (Å²) >= 11 is 0. The molecule has 5 heterocycles. The number of aromatic nitrogens is 3. The van der Waals surface area contributed by atoms with Crippen LogP contribution < -0.4 is 10.5 Å². The molecule has 1 N–H and O–H groups in total. The summed E-state index contributed by atoms with van der Waals surface area (Å²) in [4.78, 5) is 35.9. The van der Waals surface area contributed by atoms with Crippen LogP contribution in [0.25, 0.3) is 11.1 Å². The molecular formula is C35H38FN5O3. The van der Waals surface area contributed by atoms with Gasteiger partial charge in [0.05, 0.1) is 12.3 Å². The van der Waals surface area contributed by atoms with Gasteiger partial charge in [0, 0.05) is 80.5 Å². The molecule has 4 aromatic rings. The van der Waals surface area contributed by atoms with Gasteiger partial charge >= 0.3 is 0 Å². The van der Waals surface area contributed by atoms with Gasteiger partial charge in [0.2, 0.25) is 0 Å². The number of aliphatic hydroxyl groups is 1. The fraction of sp³-hybridized carbons (Fsp3) is 0.400. The van der Waals surface area contributed by atoms with Crippen molar-refractivity contribution in [2.24, 2.45) is 7.05 Å². The first-order valence-corrected chi connectivity index (χ1v) is 15.7. The van der Waals surface area contributed by atoms with Crippen molar-refractivity contribution in [1.82, 2.24) is 19.0 Å². The highest BCUT2D eigenvalue weighted by Crippen LogP contribution is 2.36. The van der Waals surface area contributed by atoms with Gasteiger partial charge in [-0.3, -0.25) is 19.5 Å². The van der Waals surface area contributed by atoms with Gasteiger partial charge in [-0.1, -0.05) is 13.0 Å². The molecule has 0 saturated carbocycles. The molecule has 1 amide bonds. The van der Waals surface area contributed by atoms with E-state index in [1.54, 1.807) is 24.2 Å². The van der Waals surface area contributed by atoms with Crippen LogP contribution in [-0.4, -0.2) is 49.7 Å². The molecule has 1 aliphatic carbocycles. The van der Waals surface area contributed by atoms with Crippen molar-refractivity contribution < 1.29 is 14.3 Å². The Bertz CT molecular complexity index is 1840. The number of pyridine rings is 2. The molecule has 0 unspecified atom stereocenters. The lowest BCUT2D eigenvalue weighted by Crippen LogP contribution is -2.41. The number of anilines is 1. The molecule has 3 aliphatic rings. The zero-order chi connectivity index (χ0) is 30.5. The van der Waals surface area contributed by atoms with Crippen molar-refractivity contribution in [2.45, 2.75) is 65.1 Å². The van der Waals surface area contributed by atoms with Gasteiger partial charge in [-0.15, -0.1) is 0 Å². The number of amides is 1. The number of benzene rings is 1. The summed E-state index contributed by atoms with van der Waals surface area (Å²) in [6.45, 7) is 5.65. The number of hydrogen-bond acceptors (Lipinski definition) is 5. The minimum Gasteiger partial charge on any atom is -0.392 e. The zero-order valence-electron chi connectivity index (χ0n) is 25.4. The van der Waals surface area contributed by atoms with Crippen LogP contribution in [0, 0.1) is 5.82 Å². The summed E-state index contributed by atoms with van der Waals surface area (Å²) in [5, 5.41) is 10.6. The predicted octanol–water partition coefficient (Wildman–Crippen LogP) is 4.39. The quantitative estimate of drug-likeness (QED) is 0.358. The molecule has 0 atom stereocenters. The number of aryl methyl sites for hydroxylation is 2. The molecule has 0 bridgehead atoms. The normalized spacial score (nSPS) is 16.5. The summed E-state index contributed by atoms with van der Waals surface area (Å²) in [7, 11) is 1.68. The van der Waals surface area contributed by atoms with Crippen LogP contribution in [0.5, 0.6) is 0 Å². The molecule has 0 fully saturated rings. The van der Waals surface area contributed by atoms with Gasteiger partial charge in [0.1, 0.15) is 11.5 Å². The van der Waals surface area contributed by atoms with E-state index in [0.29, 0.717) is 53.1 Å². The Morgan fingerprint density at radius 2 is 1.82 bits per heavy atom. The van der Waals surface area contributed by atoms with Crippen LogP contribution in [0.15, 0.2) is 47.4 Å². The van der Waals surface area contributed by atoms with Gasteiger partial charge in [-0.25, -0.2) is 4.39 Å². The van der Waals surface area contributed by atoms with Gasteiger partial charge < -0.3 is 19.1 Å². The lowest BCUT2D eigenvalue weighted by atomic mass is 9.96. The SMILES string of the molecule is CCN1CCc2nc(Cc3cc(-c4cc(F)cc(N5CCn6c(cc7c6CCCC7)C5=O)c4CO)cn(C)c3=O)ccc2C1. The predicted molar refractivity (Wildman–Crippen MR) is 167 cm³/mol. The summed E-state index contributed by atoms with van der Waals surface area (Å²) < 4.78 is 18.9. The average molecular weight is 596 g/mol. The maximum atomic E-state index is 15.3. The highest BCUT2D eigenvalue weighted by Gasteiger charge is 2.32. The van der Waals surface area contributed by atoms with E-state index in [1.807, 2.05) is 12.1 Å². The zero-order valence-corrected chi connectivity index (χ0v) is 25.4. The van der Waals surface area contributed by atoms with Gasteiger partial charge in [0.15, 0.2) is 0 Å². The molecule has 1 aromatic carbocycles. The van der Waals surface area contributed by atoms with Crippen LogP contribution in [0.1, 0.15) is 69.6 Å². The van der Waals surface area contributed by atoms with Crippen molar-refractivity contribution in [1.29, 1.82) is 0 Å². The number of aliphatic hydroxyl groups excluding tert-OH is 1. The fourth-order valence-electron chi connectivity index (χ4n) is 7.29. The summed E-state index contributed by atoms with van der Waals surface area (Å²) in [6.07, 6.45) is 7.08. The third kappa shape index (κ3) is 4.98. The molecule has 0 radical (unpaired) electrons. The van der Waals surface area contributed by atoms with E-state index < -0.39 is 5.82 Å². The molecule has 228 valence electrons. The average Bonchev–Trinajstić information content (AvgIpc) is 3.42. The molecule has 0 spiro atoms. The molecule has 3 aromatic heterocycles. The second-order valence-corrected chi connectivity index (χ2v) is 12.3. The van der Waals surface area contributed by atoms with Gasteiger partial charge in [-0.2, -0.15) is 0 Å².